The van der Waals surface area contributed by atoms with Crippen LogP contribution in [0.2, 0.25) is 0 Å². The average Bonchev–Trinajstić information content (AvgIpc) is 2.74. The van der Waals surface area contributed by atoms with Crippen LogP contribution in [-0.4, -0.2) is 47.1 Å². The number of nitrogens with one attached hydrogen (secondary N) is 1. The van der Waals surface area contributed by atoms with Crippen molar-refractivity contribution >= 4 is 27.7 Å². The van der Waals surface area contributed by atoms with Crippen LogP contribution in [-0.2, 0) is 35.2 Å². The normalized spacial score (nSPS) is 16.9. The van der Waals surface area contributed by atoms with Crippen LogP contribution in [0.1, 0.15) is 31.6 Å². The number of allylic oxidation sites excluding steroid dienone is 1. The van der Waals surface area contributed by atoms with E-state index in [1.54, 1.807) is 25.2 Å². The highest BCUT2D eigenvalue weighted by molar-refractivity contribution is 7.86. The van der Waals surface area contributed by atoms with Gasteiger partial charge in [0.05, 0.1) is 19.3 Å². The molecule has 32 heavy (non-hydrogen) atoms. The molecular weight excluding hydrogens is 453 g/mol. The fourth-order valence-electron chi connectivity index (χ4n) is 3.28. The minimum atomic E-state index is -4.82. The number of nitrogens with zero attached hydrogens (tertiary/aromatic N) is 1. The first-order valence-electron chi connectivity index (χ1n) is 9.79. The van der Waals surface area contributed by atoms with Gasteiger partial charge in [-0.05, 0) is 18.2 Å². The molecule has 1 N–H and O–H groups in total. The van der Waals surface area contributed by atoms with Crippen molar-refractivity contribution in [1.82, 2.24) is 5.48 Å². The highest BCUT2D eigenvalue weighted by atomic mass is 32.2. The highest BCUT2D eigenvalue weighted by Gasteiger charge is 2.40. The number of hydrogen-bond acceptors (Lipinski definition) is 7. The van der Waals surface area contributed by atoms with Crippen LogP contribution in [0.3, 0.4) is 0 Å². The molecule has 1 aliphatic carbocycles. The Morgan fingerprint density at radius 2 is 1.97 bits per heavy atom. The number of pyridine rings is 1. The number of methoxy groups -OCH3 is 2. The summed E-state index contributed by atoms with van der Waals surface area (Å²) >= 11 is 0. The lowest BCUT2D eigenvalue weighted by molar-refractivity contribution is -0.720. The molecule has 0 aliphatic heterocycles. The maximum absolute atomic E-state index is 13.9. The third-order valence-electron chi connectivity index (χ3n) is 4.69. The molecular formula is C20H26F3N2O6S+. The summed E-state index contributed by atoms with van der Waals surface area (Å²) in [6.07, 6.45) is -1.40. The van der Waals surface area contributed by atoms with Gasteiger partial charge in [0.1, 0.15) is 5.57 Å². The molecule has 178 valence electrons. The lowest BCUT2D eigenvalue weighted by atomic mass is 10.0. The van der Waals surface area contributed by atoms with Crippen molar-refractivity contribution in [2.45, 2.75) is 38.6 Å². The summed E-state index contributed by atoms with van der Waals surface area (Å²) < 4.78 is 81.5. The molecule has 1 aliphatic rings. The van der Waals surface area contributed by atoms with Gasteiger partial charge >= 0.3 is 12.1 Å². The molecule has 2 rings (SSSR count). The molecule has 0 bridgehead atoms. The van der Waals surface area contributed by atoms with Crippen LogP contribution in [0, 0.1) is 0 Å². The third kappa shape index (κ3) is 6.61. The lowest BCUT2D eigenvalue weighted by Gasteiger charge is -2.16. The summed E-state index contributed by atoms with van der Waals surface area (Å²) in [5.41, 5.74) is 1.57. The topological polar surface area (TPSA) is 94.8 Å². The second-order valence-electron chi connectivity index (χ2n) is 6.84. The van der Waals surface area contributed by atoms with Gasteiger partial charge in [0, 0.05) is 31.4 Å². The molecule has 0 saturated carbocycles. The summed E-state index contributed by atoms with van der Waals surface area (Å²) in [6, 6.07) is 2.77. The Kier molecular flexibility index (Phi) is 8.96. The Balaban J connectivity index is 2.64. The zero-order valence-corrected chi connectivity index (χ0v) is 18.8. The number of halogens is 3. The van der Waals surface area contributed by atoms with E-state index in [2.05, 4.69) is 14.5 Å². The van der Waals surface area contributed by atoms with Gasteiger partial charge in [-0.3, -0.25) is 4.79 Å². The first-order valence-corrected chi connectivity index (χ1v) is 11.4. The first kappa shape index (κ1) is 26.0. The fraction of sp³-hybridized carbons (Fsp3) is 0.500. The zero-order valence-electron chi connectivity index (χ0n) is 17.9. The maximum Gasteiger partial charge on any atom is 0.419 e. The van der Waals surface area contributed by atoms with E-state index in [4.69, 9.17) is 4.74 Å². The van der Waals surface area contributed by atoms with Gasteiger partial charge in [-0.25, -0.2) is 0 Å². The van der Waals surface area contributed by atoms with E-state index in [0.717, 1.165) is 7.11 Å². The molecule has 1 unspecified atom stereocenters. The summed E-state index contributed by atoms with van der Waals surface area (Å²) in [5.74, 6) is -1.47. The molecule has 8 nitrogen and oxygen atoms in total. The minimum absolute atomic E-state index is 0.0364. The van der Waals surface area contributed by atoms with E-state index in [-0.39, 0.29) is 24.9 Å². The number of esters is 1. The molecule has 1 heterocycles. The third-order valence-corrected chi connectivity index (χ3v) is 5.85. The Morgan fingerprint density at radius 1 is 1.25 bits per heavy atom. The number of hydrogen-bond donors (Lipinski definition) is 1. The largest absolute Gasteiger partial charge is 0.469 e. The molecule has 0 spiro atoms. The Bertz CT molecular complexity index is 1080. The van der Waals surface area contributed by atoms with E-state index in [9.17, 15) is 26.4 Å². The number of hydroxylamine groups is 1. The van der Waals surface area contributed by atoms with Gasteiger partial charge < -0.3 is 9.47 Å². The van der Waals surface area contributed by atoms with Gasteiger partial charge in [-0.15, -0.1) is 0 Å². The van der Waals surface area contributed by atoms with Crippen LogP contribution in [0.4, 0.5) is 13.2 Å². The Hall–Kier alpha value is -2.28. The van der Waals surface area contributed by atoms with E-state index in [1.807, 2.05) is 0 Å². The molecule has 0 saturated heterocycles. The van der Waals surface area contributed by atoms with Gasteiger partial charge in [-0.2, -0.15) is 35.9 Å². The van der Waals surface area contributed by atoms with Crippen molar-refractivity contribution in [3.63, 3.8) is 0 Å². The van der Waals surface area contributed by atoms with Crippen LogP contribution >= 0.6 is 0 Å². The van der Waals surface area contributed by atoms with Crippen molar-refractivity contribution < 1.29 is 44.7 Å². The van der Waals surface area contributed by atoms with Crippen LogP contribution in [0.5, 0.6) is 0 Å². The Labute approximate surface area is 184 Å². The Morgan fingerprint density at radius 3 is 2.56 bits per heavy atom. The molecule has 1 atom stereocenters. The predicted molar refractivity (Wildman–Crippen MR) is 109 cm³/mol. The fourth-order valence-corrected chi connectivity index (χ4v) is 4.14. The number of aromatic nitrogens is 1. The van der Waals surface area contributed by atoms with Gasteiger partial charge in [-0.1, -0.05) is 13.0 Å². The smallest absolute Gasteiger partial charge is 0.419 e. The van der Waals surface area contributed by atoms with Gasteiger partial charge in [0.15, 0.2) is 12.6 Å². The molecule has 1 aromatic heterocycles. The van der Waals surface area contributed by atoms with Crippen molar-refractivity contribution in [3.8, 4) is 0 Å². The van der Waals surface area contributed by atoms with Crippen molar-refractivity contribution in [1.29, 1.82) is 0 Å². The number of ether oxygens (including phenoxy) is 2. The number of alkyl halides is 3. The molecule has 1 aromatic rings. The lowest BCUT2D eigenvalue weighted by Crippen LogP contribution is -2.59. The average molecular weight is 479 g/mol. The first-order chi connectivity index (χ1) is 15.0. The monoisotopic (exact) mass is 479 g/mol. The van der Waals surface area contributed by atoms with Crippen LogP contribution < -0.4 is 20.6 Å². The van der Waals surface area contributed by atoms with Crippen molar-refractivity contribution in [2.24, 2.45) is 0 Å². The quantitative estimate of drug-likeness (QED) is 0.298. The number of carbonyl (C=O) groups is 1. The van der Waals surface area contributed by atoms with Gasteiger partial charge in [0.25, 0.3) is 10.1 Å². The molecule has 0 amide bonds. The van der Waals surface area contributed by atoms with Crippen LogP contribution in [0.25, 0.3) is 11.6 Å². The number of fused-ring (bicyclic) bond motifs is 1. The maximum atomic E-state index is 13.9. The second kappa shape index (κ2) is 11.0. The molecule has 0 fully saturated rings. The summed E-state index contributed by atoms with van der Waals surface area (Å²) in [7, 11) is -1.50. The SMILES string of the molecule is CCNOS(=O)(=O)CCC[n+]1c2c(cc/c1=C(/CC(=O)OC)C(F)(F)F)=CC=CC2OC. The summed E-state index contributed by atoms with van der Waals surface area (Å²) in [6.45, 7) is 1.83. The summed E-state index contributed by atoms with van der Waals surface area (Å²) in [4.78, 5) is 11.7. The zero-order chi connectivity index (χ0) is 23.9. The number of carbonyl (C=O) groups excluding carboxylic acids is 1. The molecule has 0 aromatic carbocycles. The van der Waals surface area contributed by atoms with E-state index in [0.29, 0.717) is 10.9 Å². The van der Waals surface area contributed by atoms with Crippen LogP contribution in [0.15, 0.2) is 24.3 Å². The minimum Gasteiger partial charge on any atom is -0.469 e. The van der Waals surface area contributed by atoms with E-state index < -0.39 is 46.1 Å². The standard InChI is InChI=1S/C20H26F3N2O6S/c1-4-24-31-32(27,28)12-6-11-25-16(15(20(21,22)23)13-18(26)30-3)10-9-14-7-5-8-17(29-2)19(14)25/h5,7-10,17,24H,4,6,11-13H2,1-3H3/q+1/b16-15+. The molecule has 12 heteroatoms. The molecule has 0 radical (unpaired) electrons. The van der Waals surface area contributed by atoms with Crippen molar-refractivity contribution in [3.05, 3.63) is 40.5 Å². The van der Waals surface area contributed by atoms with E-state index >= 15 is 0 Å². The highest BCUT2D eigenvalue weighted by Crippen LogP contribution is 2.28. The van der Waals surface area contributed by atoms with Gasteiger partial charge in [0.2, 0.25) is 11.0 Å². The number of rotatable bonds is 10. The van der Waals surface area contributed by atoms with E-state index in [1.165, 1.54) is 23.8 Å². The second-order valence-corrected chi connectivity index (χ2v) is 8.53. The predicted octanol–water partition coefficient (Wildman–Crippen LogP) is 0.549. The summed E-state index contributed by atoms with van der Waals surface area (Å²) in [5, 5.41) is 0.354. The van der Waals surface area contributed by atoms with Crippen molar-refractivity contribution in [2.75, 3.05) is 26.5 Å².